The molecule has 0 radical (unpaired) electrons. The summed E-state index contributed by atoms with van der Waals surface area (Å²) in [7, 11) is 0. The summed E-state index contributed by atoms with van der Waals surface area (Å²) in [5.74, 6) is -0.797. The molecule has 1 saturated heterocycles. The minimum atomic E-state index is -0.811. The molecule has 1 fully saturated rings. The Hall–Kier alpha value is -4.19. The zero-order chi connectivity index (χ0) is 23.5. The van der Waals surface area contributed by atoms with Crippen molar-refractivity contribution >= 4 is 34.3 Å². The molecule has 1 aliphatic rings. The molecule has 1 unspecified atom stereocenters. The molecule has 5 rings (SSSR count). The molecule has 34 heavy (non-hydrogen) atoms. The van der Waals surface area contributed by atoms with Crippen molar-refractivity contribution in [1.82, 2.24) is 9.88 Å². The molecule has 1 N–H and O–H groups in total. The third-order valence-electron chi connectivity index (χ3n) is 6.33. The van der Waals surface area contributed by atoms with Gasteiger partial charge in [-0.2, -0.15) is 0 Å². The van der Waals surface area contributed by atoms with Crippen LogP contribution in [0.1, 0.15) is 17.5 Å². The van der Waals surface area contributed by atoms with Gasteiger partial charge in [0.25, 0.3) is 5.91 Å². The van der Waals surface area contributed by atoms with Gasteiger partial charge in [-0.25, -0.2) is 4.90 Å². The highest BCUT2D eigenvalue weighted by atomic mass is 16.2. The van der Waals surface area contributed by atoms with E-state index in [1.165, 1.54) is 4.90 Å². The first-order chi connectivity index (χ1) is 16.6. The van der Waals surface area contributed by atoms with E-state index in [4.69, 9.17) is 0 Å². The second-order valence-electron chi connectivity index (χ2n) is 8.48. The summed E-state index contributed by atoms with van der Waals surface area (Å²) >= 11 is 0. The number of amides is 3. The van der Waals surface area contributed by atoms with Gasteiger partial charge >= 0.3 is 0 Å². The number of aromatic nitrogens is 1. The molecule has 4 aromatic rings. The van der Waals surface area contributed by atoms with Crippen molar-refractivity contribution < 1.29 is 14.4 Å². The highest BCUT2D eigenvalue weighted by Gasteiger charge is 2.44. The van der Waals surface area contributed by atoms with Crippen LogP contribution in [-0.2, 0) is 27.2 Å². The molecule has 0 aliphatic carbocycles. The standard InChI is InChI=1S/C28H25N3O3/c32-26(17-20-9-3-1-4-10-20)30(16-15-21-19-29-24-14-8-7-13-23(21)24)25-18-27(33)31(28(25)34)22-11-5-2-6-12-22/h1-14,19,25,29H,15-18H2. The predicted octanol–water partition coefficient (Wildman–Crippen LogP) is 4.11. The van der Waals surface area contributed by atoms with Crippen molar-refractivity contribution in [2.75, 3.05) is 11.4 Å². The summed E-state index contributed by atoms with van der Waals surface area (Å²) < 4.78 is 0. The quantitative estimate of drug-likeness (QED) is 0.430. The molecule has 1 atom stereocenters. The Kier molecular flexibility index (Phi) is 5.95. The number of imide groups is 1. The van der Waals surface area contributed by atoms with Crippen LogP contribution >= 0.6 is 0 Å². The van der Waals surface area contributed by atoms with Crippen molar-refractivity contribution in [3.05, 3.63) is 102 Å². The number of hydrogen-bond donors (Lipinski definition) is 1. The molecule has 170 valence electrons. The van der Waals surface area contributed by atoms with Crippen molar-refractivity contribution in [2.24, 2.45) is 0 Å². The number of para-hydroxylation sites is 2. The van der Waals surface area contributed by atoms with E-state index in [0.717, 1.165) is 22.0 Å². The summed E-state index contributed by atoms with van der Waals surface area (Å²) in [6.07, 6.45) is 2.69. The van der Waals surface area contributed by atoms with Crippen LogP contribution in [0.4, 0.5) is 5.69 Å². The van der Waals surface area contributed by atoms with Crippen LogP contribution in [0.15, 0.2) is 91.1 Å². The molecule has 1 aliphatic heterocycles. The number of nitrogens with one attached hydrogen (secondary N) is 1. The largest absolute Gasteiger partial charge is 0.361 e. The van der Waals surface area contributed by atoms with Crippen molar-refractivity contribution in [2.45, 2.75) is 25.3 Å². The molecule has 0 bridgehead atoms. The van der Waals surface area contributed by atoms with Crippen LogP contribution in [0.3, 0.4) is 0 Å². The minimum Gasteiger partial charge on any atom is -0.361 e. The van der Waals surface area contributed by atoms with Gasteiger partial charge in [0, 0.05) is 23.6 Å². The van der Waals surface area contributed by atoms with Gasteiger partial charge < -0.3 is 9.88 Å². The fourth-order valence-corrected chi connectivity index (χ4v) is 4.61. The zero-order valence-electron chi connectivity index (χ0n) is 18.7. The monoisotopic (exact) mass is 451 g/mol. The average molecular weight is 452 g/mol. The highest BCUT2D eigenvalue weighted by molar-refractivity contribution is 6.23. The molecular formula is C28H25N3O3. The second kappa shape index (κ2) is 9.35. The summed E-state index contributed by atoms with van der Waals surface area (Å²) in [5.41, 5.74) is 3.51. The van der Waals surface area contributed by atoms with Crippen LogP contribution in [0.2, 0.25) is 0 Å². The lowest BCUT2D eigenvalue weighted by molar-refractivity contribution is -0.137. The van der Waals surface area contributed by atoms with Gasteiger partial charge in [-0.15, -0.1) is 0 Å². The molecule has 0 spiro atoms. The van der Waals surface area contributed by atoms with Crippen LogP contribution < -0.4 is 4.90 Å². The summed E-state index contributed by atoms with van der Waals surface area (Å²) in [6, 6.07) is 25.6. The molecule has 1 aromatic heterocycles. The third kappa shape index (κ3) is 4.22. The lowest BCUT2D eigenvalue weighted by atomic mass is 10.1. The van der Waals surface area contributed by atoms with Gasteiger partial charge in [0.1, 0.15) is 6.04 Å². The molecule has 6 heteroatoms. The molecule has 6 nitrogen and oxygen atoms in total. The average Bonchev–Trinajstić information content (AvgIpc) is 3.40. The van der Waals surface area contributed by atoms with Crippen LogP contribution in [0, 0.1) is 0 Å². The maximum atomic E-state index is 13.5. The first-order valence-corrected chi connectivity index (χ1v) is 11.4. The van der Waals surface area contributed by atoms with E-state index < -0.39 is 6.04 Å². The van der Waals surface area contributed by atoms with E-state index in [2.05, 4.69) is 4.98 Å². The van der Waals surface area contributed by atoms with Gasteiger partial charge in [-0.1, -0.05) is 66.7 Å². The molecule has 2 heterocycles. The van der Waals surface area contributed by atoms with E-state index in [1.54, 1.807) is 29.2 Å². The zero-order valence-corrected chi connectivity index (χ0v) is 18.7. The van der Waals surface area contributed by atoms with Gasteiger partial charge in [-0.3, -0.25) is 14.4 Å². The Morgan fingerprint density at radius 3 is 2.35 bits per heavy atom. The van der Waals surface area contributed by atoms with E-state index >= 15 is 0 Å². The van der Waals surface area contributed by atoms with Crippen molar-refractivity contribution in [3.8, 4) is 0 Å². The molecule has 3 aromatic carbocycles. The summed E-state index contributed by atoms with van der Waals surface area (Å²) in [4.78, 5) is 45.8. The predicted molar refractivity (Wildman–Crippen MR) is 131 cm³/mol. The molecule has 3 amide bonds. The fourth-order valence-electron chi connectivity index (χ4n) is 4.61. The Bertz CT molecular complexity index is 1330. The van der Waals surface area contributed by atoms with Gasteiger partial charge in [0.05, 0.1) is 18.5 Å². The lowest BCUT2D eigenvalue weighted by Gasteiger charge is -2.28. The van der Waals surface area contributed by atoms with Crippen LogP contribution in [0.25, 0.3) is 10.9 Å². The normalized spacial score (nSPS) is 15.8. The lowest BCUT2D eigenvalue weighted by Crippen LogP contribution is -2.47. The number of aromatic amines is 1. The number of hydrogen-bond acceptors (Lipinski definition) is 3. The molecule has 0 saturated carbocycles. The number of anilines is 1. The third-order valence-corrected chi connectivity index (χ3v) is 6.33. The van der Waals surface area contributed by atoms with Crippen LogP contribution in [0.5, 0.6) is 0 Å². The first kappa shape index (κ1) is 21.6. The fraction of sp³-hybridized carbons (Fsp3) is 0.179. The Labute approximate surface area is 197 Å². The number of carbonyl (C=O) groups is 3. The van der Waals surface area contributed by atoms with Crippen molar-refractivity contribution in [1.29, 1.82) is 0 Å². The topological polar surface area (TPSA) is 73.5 Å². The number of carbonyl (C=O) groups excluding carboxylic acids is 3. The summed E-state index contributed by atoms with van der Waals surface area (Å²) in [6.45, 7) is 0.347. The Morgan fingerprint density at radius 2 is 1.59 bits per heavy atom. The van der Waals surface area contributed by atoms with E-state index in [1.807, 2.05) is 66.9 Å². The smallest absolute Gasteiger partial charge is 0.257 e. The molecular weight excluding hydrogens is 426 g/mol. The minimum absolute atomic E-state index is 0.0118. The number of rotatable bonds is 7. The number of benzene rings is 3. The van der Waals surface area contributed by atoms with Crippen LogP contribution in [-0.4, -0.2) is 40.2 Å². The highest BCUT2D eigenvalue weighted by Crippen LogP contribution is 2.27. The number of H-pyrrole nitrogens is 1. The summed E-state index contributed by atoms with van der Waals surface area (Å²) in [5, 5.41) is 1.10. The van der Waals surface area contributed by atoms with E-state index in [9.17, 15) is 14.4 Å². The van der Waals surface area contributed by atoms with Gasteiger partial charge in [-0.05, 0) is 35.7 Å². The maximum absolute atomic E-state index is 13.5. The van der Waals surface area contributed by atoms with Crippen molar-refractivity contribution in [3.63, 3.8) is 0 Å². The second-order valence-corrected chi connectivity index (χ2v) is 8.48. The van der Waals surface area contributed by atoms with Gasteiger partial charge in [0.15, 0.2) is 0 Å². The SMILES string of the molecule is O=C1CC(N(CCc2c[nH]c3ccccc23)C(=O)Cc2ccccc2)C(=O)N1c1ccccc1. The number of nitrogens with zero attached hydrogens (tertiary/aromatic N) is 2. The van der Waals surface area contributed by atoms with E-state index in [0.29, 0.717) is 18.7 Å². The van der Waals surface area contributed by atoms with E-state index in [-0.39, 0.29) is 30.6 Å². The Balaban J connectivity index is 1.42. The number of fused-ring (bicyclic) bond motifs is 1. The Morgan fingerprint density at radius 1 is 0.912 bits per heavy atom. The van der Waals surface area contributed by atoms with Gasteiger partial charge in [0.2, 0.25) is 11.8 Å². The maximum Gasteiger partial charge on any atom is 0.257 e. The first-order valence-electron chi connectivity index (χ1n) is 11.4.